The van der Waals surface area contributed by atoms with Gasteiger partial charge in [0, 0.05) is 44.1 Å². The molecule has 5 nitrogen and oxygen atoms in total. The van der Waals surface area contributed by atoms with Crippen LogP contribution in [0.25, 0.3) is 0 Å². The van der Waals surface area contributed by atoms with Gasteiger partial charge in [-0.25, -0.2) is 9.98 Å². The third kappa shape index (κ3) is 5.96. The van der Waals surface area contributed by atoms with Gasteiger partial charge in [-0.15, -0.1) is 11.3 Å². The van der Waals surface area contributed by atoms with Crippen LogP contribution >= 0.6 is 11.3 Å². The molecule has 2 heterocycles. The van der Waals surface area contributed by atoms with Gasteiger partial charge in [0.2, 0.25) is 0 Å². The van der Waals surface area contributed by atoms with Gasteiger partial charge >= 0.3 is 0 Å². The minimum absolute atomic E-state index is 0.351. The van der Waals surface area contributed by atoms with Crippen LogP contribution in [0.15, 0.2) is 69.7 Å². The van der Waals surface area contributed by atoms with E-state index in [-0.39, 0.29) is 0 Å². The Morgan fingerprint density at radius 2 is 2.11 bits per heavy atom. The molecular weight excluding hydrogens is 356 g/mol. The largest absolute Gasteiger partial charge is 0.469 e. The molecule has 0 saturated carbocycles. The number of aromatic nitrogens is 1. The summed E-state index contributed by atoms with van der Waals surface area (Å²) in [6, 6.07) is 14.2. The van der Waals surface area contributed by atoms with Crippen molar-refractivity contribution in [1.29, 1.82) is 0 Å². The first-order valence-corrected chi connectivity index (χ1v) is 10.1. The number of benzene rings is 1. The number of hydrogen-bond donors (Lipinski definition) is 1. The molecule has 0 aliphatic carbocycles. The molecule has 0 aliphatic heterocycles. The summed E-state index contributed by atoms with van der Waals surface area (Å²) in [4.78, 5) is 11.4. The van der Waals surface area contributed by atoms with Crippen molar-refractivity contribution in [2.45, 2.75) is 25.8 Å². The molecule has 3 rings (SSSR count). The lowest BCUT2D eigenvalue weighted by molar-refractivity contribution is 0.442. The van der Waals surface area contributed by atoms with Gasteiger partial charge in [0.15, 0.2) is 5.96 Å². The summed E-state index contributed by atoms with van der Waals surface area (Å²) in [6.07, 6.45) is 4.40. The lowest BCUT2D eigenvalue weighted by Gasteiger charge is -2.25. The molecule has 0 aliphatic rings. The van der Waals surface area contributed by atoms with Crippen LogP contribution < -0.4 is 5.32 Å². The highest BCUT2D eigenvalue weighted by atomic mass is 32.1. The van der Waals surface area contributed by atoms with Crippen LogP contribution in [0, 0.1) is 0 Å². The second-order valence-corrected chi connectivity index (χ2v) is 7.46. The fraction of sp³-hybridized carbons (Fsp3) is 0.333. The molecule has 0 radical (unpaired) electrons. The van der Waals surface area contributed by atoms with Crippen LogP contribution in [0.5, 0.6) is 0 Å². The van der Waals surface area contributed by atoms with Crippen molar-refractivity contribution in [2.75, 3.05) is 20.1 Å². The number of likely N-dealkylation sites (N-methyl/N-ethyl adjacent to an activating group) is 1. The predicted molar refractivity (Wildman–Crippen MR) is 111 cm³/mol. The summed E-state index contributed by atoms with van der Waals surface area (Å²) < 4.78 is 5.42. The van der Waals surface area contributed by atoms with Gasteiger partial charge in [0.05, 0.1) is 17.8 Å². The second kappa shape index (κ2) is 9.92. The molecule has 1 N–H and O–H groups in total. The molecule has 0 fully saturated rings. The molecule has 1 atom stereocenters. The first-order valence-electron chi connectivity index (χ1n) is 9.17. The third-order valence-electron chi connectivity index (χ3n) is 4.27. The van der Waals surface area contributed by atoms with E-state index in [1.807, 2.05) is 41.9 Å². The van der Waals surface area contributed by atoms with Gasteiger partial charge < -0.3 is 14.6 Å². The number of guanidine groups is 1. The third-order valence-corrected chi connectivity index (χ3v) is 5.28. The molecule has 0 amide bonds. The van der Waals surface area contributed by atoms with E-state index in [1.165, 1.54) is 5.56 Å². The number of nitrogens with one attached hydrogen (secondary N) is 1. The van der Waals surface area contributed by atoms with Crippen LogP contribution in [0.4, 0.5) is 0 Å². The number of hydrogen-bond acceptors (Lipinski definition) is 4. The van der Waals surface area contributed by atoms with E-state index in [9.17, 15) is 0 Å². The summed E-state index contributed by atoms with van der Waals surface area (Å²) >= 11 is 1.70. The van der Waals surface area contributed by atoms with Crippen molar-refractivity contribution in [3.8, 4) is 0 Å². The number of nitrogens with zero attached hydrogens (tertiary/aromatic N) is 3. The minimum atomic E-state index is 0.351. The van der Waals surface area contributed by atoms with Crippen molar-refractivity contribution in [3.05, 3.63) is 76.6 Å². The average Bonchev–Trinajstić information content (AvgIpc) is 3.39. The van der Waals surface area contributed by atoms with Crippen molar-refractivity contribution >= 4 is 17.3 Å². The molecular formula is C21H26N4OS. The Kier molecular flexibility index (Phi) is 7.04. The van der Waals surface area contributed by atoms with E-state index < -0.39 is 0 Å². The SMILES string of the molecule is CC(CN(C)C(=NCc1ccccc1)NCCc1ccco1)c1nccs1. The number of thiazole rings is 1. The number of rotatable bonds is 8. The zero-order chi connectivity index (χ0) is 18.9. The van der Waals surface area contributed by atoms with E-state index in [4.69, 9.17) is 9.41 Å². The summed E-state index contributed by atoms with van der Waals surface area (Å²) in [7, 11) is 2.08. The average molecular weight is 383 g/mol. The molecule has 1 aromatic carbocycles. The van der Waals surface area contributed by atoms with E-state index >= 15 is 0 Å². The maximum absolute atomic E-state index is 5.42. The fourth-order valence-corrected chi connectivity index (χ4v) is 3.56. The fourth-order valence-electron chi connectivity index (χ4n) is 2.87. The van der Waals surface area contributed by atoms with Crippen LogP contribution in [-0.2, 0) is 13.0 Å². The van der Waals surface area contributed by atoms with Gasteiger partial charge in [0.25, 0.3) is 0 Å². The van der Waals surface area contributed by atoms with Crippen molar-refractivity contribution in [3.63, 3.8) is 0 Å². The molecule has 0 bridgehead atoms. The highest BCUT2D eigenvalue weighted by molar-refractivity contribution is 7.09. The lowest BCUT2D eigenvalue weighted by atomic mass is 10.2. The smallest absolute Gasteiger partial charge is 0.194 e. The van der Waals surface area contributed by atoms with Crippen molar-refractivity contribution in [2.24, 2.45) is 4.99 Å². The highest BCUT2D eigenvalue weighted by Gasteiger charge is 2.14. The summed E-state index contributed by atoms with van der Waals surface area (Å²) in [5, 5.41) is 6.66. The zero-order valence-electron chi connectivity index (χ0n) is 15.8. The van der Waals surface area contributed by atoms with Gasteiger partial charge in [-0.05, 0) is 17.7 Å². The summed E-state index contributed by atoms with van der Waals surface area (Å²) in [6.45, 7) is 4.49. The van der Waals surface area contributed by atoms with Gasteiger partial charge in [-0.1, -0.05) is 37.3 Å². The van der Waals surface area contributed by atoms with Crippen LogP contribution in [0.3, 0.4) is 0 Å². The van der Waals surface area contributed by atoms with Crippen LogP contribution in [0.2, 0.25) is 0 Å². The second-order valence-electron chi connectivity index (χ2n) is 6.53. The maximum Gasteiger partial charge on any atom is 0.194 e. The Morgan fingerprint density at radius 1 is 1.26 bits per heavy atom. The minimum Gasteiger partial charge on any atom is -0.469 e. The van der Waals surface area contributed by atoms with Gasteiger partial charge in [0.1, 0.15) is 5.76 Å². The Morgan fingerprint density at radius 3 is 2.81 bits per heavy atom. The van der Waals surface area contributed by atoms with Crippen LogP contribution in [-0.4, -0.2) is 36.0 Å². The topological polar surface area (TPSA) is 53.7 Å². The van der Waals surface area contributed by atoms with Gasteiger partial charge in [-0.3, -0.25) is 0 Å². The first kappa shape index (κ1) is 19.2. The number of aliphatic imine (C=N–C) groups is 1. The Bertz CT molecular complexity index is 800. The molecule has 3 aromatic rings. The Labute approximate surface area is 164 Å². The predicted octanol–water partition coefficient (Wildman–Crippen LogP) is 4.16. The molecule has 27 heavy (non-hydrogen) atoms. The Hall–Kier alpha value is -2.60. The zero-order valence-corrected chi connectivity index (χ0v) is 16.7. The standard InChI is InChI=1S/C21H26N4OS/c1-17(20-22-12-14-27-20)16-25(2)21(23-11-10-19-9-6-13-26-19)24-15-18-7-4-3-5-8-18/h3-9,12-14,17H,10-11,15-16H2,1-2H3,(H,23,24). The first-order chi connectivity index (χ1) is 13.2. The van der Waals surface area contributed by atoms with Crippen molar-refractivity contribution < 1.29 is 4.42 Å². The normalized spacial score (nSPS) is 12.7. The molecule has 2 aromatic heterocycles. The van der Waals surface area contributed by atoms with E-state index in [0.717, 1.165) is 36.2 Å². The van der Waals surface area contributed by atoms with Crippen molar-refractivity contribution in [1.82, 2.24) is 15.2 Å². The van der Waals surface area contributed by atoms with Crippen LogP contribution in [0.1, 0.15) is 29.2 Å². The maximum atomic E-state index is 5.42. The summed E-state index contributed by atoms with van der Waals surface area (Å²) in [5.74, 6) is 2.22. The molecule has 0 spiro atoms. The molecule has 6 heteroatoms. The molecule has 1 unspecified atom stereocenters. The van der Waals surface area contributed by atoms with E-state index in [1.54, 1.807) is 17.6 Å². The molecule has 0 saturated heterocycles. The van der Waals surface area contributed by atoms with Gasteiger partial charge in [-0.2, -0.15) is 0 Å². The summed E-state index contributed by atoms with van der Waals surface area (Å²) in [5.41, 5.74) is 1.20. The van der Waals surface area contributed by atoms with E-state index in [0.29, 0.717) is 12.5 Å². The number of furan rings is 1. The van der Waals surface area contributed by atoms with E-state index in [2.05, 4.69) is 41.3 Å². The highest BCUT2D eigenvalue weighted by Crippen LogP contribution is 2.18. The Balaban J connectivity index is 1.63. The quantitative estimate of drug-likeness (QED) is 0.469. The monoisotopic (exact) mass is 382 g/mol. The molecule has 142 valence electrons. The lowest BCUT2D eigenvalue weighted by Crippen LogP contribution is -2.41.